The summed E-state index contributed by atoms with van der Waals surface area (Å²) in [6.07, 6.45) is 20.2. The molecule has 0 saturated heterocycles. The Balaban J connectivity index is 1.28. The highest BCUT2D eigenvalue weighted by Gasteiger charge is 2.62. The van der Waals surface area contributed by atoms with Crippen LogP contribution in [0.2, 0.25) is 18.1 Å². The molecule has 5 saturated carbocycles. The van der Waals surface area contributed by atoms with Crippen LogP contribution in [0.1, 0.15) is 131 Å². The zero-order chi connectivity index (χ0) is 25.3. The molecule has 2 nitrogen and oxygen atoms in total. The highest BCUT2D eigenvalue weighted by Crippen LogP contribution is 2.68. The number of hydrogen-bond acceptors (Lipinski definition) is 2. The van der Waals surface area contributed by atoms with Crippen molar-refractivity contribution in [2.24, 2.45) is 40.4 Å². The molecule has 1 N–H and O–H groups in total. The predicted molar refractivity (Wildman–Crippen MR) is 150 cm³/mol. The van der Waals surface area contributed by atoms with E-state index in [2.05, 4.69) is 47.7 Å². The molecule has 0 aromatic rings. The summed E-state index contributed by atoms with van der Waals surface area (Å²) in [7, 11) is -1.74. The summed E-state index contributed by atoms with van der Waals surface area (Å²) >= 11 is 0. The van der Waals surface area contributed by atoms with Gasteiger partial charge in [0.2, 0.25) is 0 Å². The minimum atomic E-state index is -1.74. The number of aliphatic hydroxyl groups is 1. The maximum Gasteiger partial charge on any atom is 0.192 e. The zero-order valence-corrected chi connectivity index (χ0v) is 25.4. The van der Waals surface area contributed by atoms with Crippen LogP contribution < -0.4 is 0 Å². The SMILES string of the molecule is CC(C)(C)[Si](C)(C)O[C@H]1CC[C@H]2[C@@H]3CC[C@H]4C[C@](O)(CC5CCCCC5)CC[C@]4(C)[C@H]3CC[C@]12C. The van der Waals surface area contributed by atoms with Gasteiger partial charge in [-0.05, 0) is 123 Å². The average Bonchev–Trinajstić information content (AvgIpc) is 3.10. The monoisotopic (exact) mass is 502 g/mol. The van der Waals surface area contributed by atoms with Gasteiger partial charge in [-0.2, -0.15) is 0 Å². The van der Waals surface area contributed by atoms with Gasteiger partial charge in [0.15, 0.2) is 8.32 Å². The van der Waals surface area contributed by atoms with Crippen LogP contribution in [0.3, 0.4) is 0 Å². The Kier molecular flexibility index (Phi) is 6.96. The van der Waals surface area contributed by atoms with Crippen molar-refractivity contribution >= 4 is 8.32 Å². The minimum Gasteiger partial charge on any atom is -0.413 e. The van der Waals surface area contributed by atoms with Crippen molar-refractivity contribution in [2.45, 2.75) is 161 Å². The molecule has 202 valence electrons. The molecule has 5 rings (SSSR count). The Hall–Kier alpha value is 0.137. The molecular weight excluding hydrogens is 444 g/mol. The van der Waals surface area contributed by atoms with E-state index in [4.69, 9.17) is 4.43 Å². The highest BCUT2D eigenvalue weighted by molar-refractivity contribution is 6.74. The fraction of sp³-hybridized carbons (Fsp3) is 1.00. The normalized spacial score (nSPS) is 47.1. The fourth-order valence-corrected chi connectivity index (χ4v) is 11.6. The number of fused-ring (bicyclic) bond motifs is 5. The molecule has 3 heteroatoms. The Morgan fingerprint density at radius 1 is 0.800 bits per heavy atom. The van der Waals surface area contributed by atoms with Gasteiger partial charge >= 0.3 is 0 Å². The van der Waals surface area contributed by atoms with Crippen LogP contribution in [0, 0.1) is 40.4 Å². The van der Waals surface area contributed by atoms with E-state index in [0.29, 0.717) is 22.0 Å². The van der Waals surface area contributed by atoms with Crippen molar-refractivity contribution in [3.8, 4) is 0 Å². The first-order valence-electron chi connectivity index (χ1n) is 15.7. The van der Waals surface area contributed by atoms with Gasteiger partial charge in [-0.15, -0.1) is 0 Å². The Bertz CT molecular complexity index is 766. The first-order valence-corrected chi connectivity index (χ1v) is 18.6. The van der Waals surface area contributed by atoms with Crippen LogP contribution >= 0.6 is 0 Å². The van der Waals surface area contributed by atoms with Crippen molar-refractivity contribution in [3.05, 3.63) is 0 Å². The molecule has 0 heterocycles. The Morgan fingerprint density at radius 3 is 2.17 bits per heavy atom. The standard InChI is InChI=1S/C32H58O2Si/c1-29(2,3)35(6,7)34-28-16-15-26-25-14-13-24-22-32(33,21-23-11-9-8-10-12-23)20-19-30(24,4)27(25)17-18-31(26,28)5/h23-28,33H,8-22H2,1-7H3/t24-,25-,26-,27-,28-,30-,31-,32+/m0/s1. The fourth-order valence-electron chi connectivity index (χ4n) is 10.1. The van der Waals surface area contributed by atoms with E-state index in [1.54, 1.807) is 0 Å². The molecule has 0 bridgehead atoms. The third-order valence-electron chi connectivity index (χ3n) is 13.4. The summed E-state index contributed by atoms with van der Waals surface area (Å²) in [6.45, 7) is 17.4. The van der Waals surface area contributed by atoms with Gasteiger partial charge in [-0.25, -0.2) is 0 Å². The van der Waals surface area contributed by atoms with Crippen molar-refractivity contribution in [2.75, 3.05) is 0 Å². The molecule has 5 aliphatic rings. The van der Waals surface area contributed by atoms with E-state index in [1.165, 1.54) is 77.0 Å². The first kappa shape index (κ1) is 26.7. The third kappa shape index (κ3) is 4.64. The van der Waals surface area contributed by atoms with Gasteiger partial charge in [0.05, 0.1) is 11.7 Å². The van der Waals surface area contributed by atoms with E-state index in [1.807, 2.05) is 0 Å². The van der Waals surface area contributed by atoms with Gasteiger partial charge in [-0.1, -0.05) is 66.7 Å². The summed E-state index contributed by atoms with van der Waals surface area (Å²) < 4.78 is 7.15. The van der Waals surface area contributed by atoms with Crippen molar-refractivity contribution in [1.29, 1.82) is 0 Å². The third-order valence-corrected chi connectivity index (χ3v) is 17.9. The summed E-state index contributed by atoms with van der Waals surface area (Å²) in [6, 6.07) is 0. The van der Waals surface area contributed by atoms with Crippen molar-refractivity contribution in [1.82, 2.24) is 0 Å². The summed E-state index contributed by atoms with van der Waals surface area (Å²) in [5.74, 6) is 4.17. The van der Waals surface area contributed by atoms with E-state index in [0.717, 1.165) is 48.9 Å². The molecular formula is C32H58O2Si. The summed E-state index contributed by atoms with van der Waals surface area (Å²) in [4.78, 5) is 0. The molecule has 0 radical (unpaired) electrons. The molecule has 5 aliphatic carbocycles. The molecule has 5 fully saturated rings. The number of hydrogen-bond donors (Lipinski definition) is 1. The van der Waals surface area contributed by atoms with Crippen LogP contribution in [0.25, 0.3) is 0 Å². The highest BCUT2D eigenvalue weighted by atomic mass is 28.4. The topological polar surface area (TPSA) is 29.5 Å². The van der Waals surface area contributed by atoms with Gasteiger partial charge in [0.25, 0.3) is 0 Å². The average molecular weight is 503 g/mol. The van der Waals surface area contributed by atoms with Crippen molar-refractivity contribution in [3.63, 3.8) is 0 Å². The second-order valence-corrected chi connectivity index (χ2v) is 21.0. The van der Waals surface area contributed by atoms with Crippen LogP contribution in [-0.2, 0) is 4.43 Å². The van der Waals surface area contributed by atoms with Crippen LogP contribution in [-0.4, -0.2) is 25.1 Å². The second kappa shape index (κ2) is 9.11. The molecule has 35 heavy (non-hydrogen) atoms. The quantitative estimate of drug-likeness (QED) is 0.388. The van der Waals surface area contributed by atoms with Crippen LogP contribution in [0.4, 0.5) is 0 Å². The van der Waals surface area contributed by atoms with Gasteiger partial charge in [0.1, 0.15) is 0 Å². The molecule has 0 aliphatic heterocycles. The lowest BCUT2D eigenvalue weighted by Crippen LogP contribution is -2.57. The van der Waals surface area contributed by atoms with Gasteiger partial charge < -0.3 is 9.53 Å². The Labute approximate surface area is 218 Å². The molecule has 0 spiro atoms. The second-order valence-electron chi connectivity index (χ2n) is 16.3. The maximum absolute atomic E-state index is 11.8. The molecule has 0 aromatic carbocycles. The van der Waals surface area contributed by atoms with E-state index >= 15 is 0 Å². The molecule has 0 unspecified atom stereocenters. The molecule has 0 amide bonds. The lowest BCUT2D eigenvalue weighted by molar-refractivity contribution is -0.158. The van der Waals surface area contributed by atoms with E-state index < -0.39 is 8.32 Å². The first-order chi connectivity index (χ1) is 16.3. The summed E-state index contributed by atoms with van der Waals surface area (Å²) in [5.41, 5.74) is 0.481. The maximum atomic E-state index is 11.8. The zero-order valence-electron chi connectivity index (χ0n) is 24.4. The van der Waals surface area contributed by atoms with Gasteiger partial charge in [0, 0.05) is 0 Å². The van der Waals surface area contributed by atoms with Crippen LogP contribution in [0.15, 0.2) is 0 Å². The van der Waals surface area contributed by atoms with Crippen LogP contribution in [0.5, 0.6) is 0 Å². The van der Waals surface area contributed by atoms with Crippen molar-refractivity contribution < 1.29 is 9.53 Å². The van der Waals surface area contributed by atoms with E-state index in [9.17, 15) is 5.11 Å². The lowest BCUT2D eigenvalue weighted by atomic mass is 9.44. The molecule has 0 aromatic heterocycles. The molecule has 8 atom stereocenters. The predicted octanol–water partition coefficient (Wildman–Crippen LogP) is 9.12. The Morgan fingerprint density at radius 2 is 1.49 bits per heavy atom. The lowest BCUT2D eigenvalue weighted by Gasteiger charge is -2.62. The summed E-state index contributed by atoms with van der Waals surface area (Å²) in [5, 5.41) is 12.1. The number of rotatable bonds is 4. The minimum absolute atomic E-state index is 0.292. The smallest absolute Gasteiger partial charge is 0.192 e. The largest absolute Gasteiger partial charge is 0.413 e. The van der Waals surface area contributed by atoms with E-state index in [-0.39, 0.29) is 5.60 Å². The van der Waals surface area contributed by atoms with Gasteiger partial charge in [-0.3, -0.25) is 0 Å².